The number of nitrogens with one attached hydrogen (secondary N) is 2. The maximum Gasteiger partial charge on any atom is 0.442 e. The Hall–Kier alpha value is -2.55. The van der Waals surface area contributed by atoms with Crippen molar-refractivity contribution >= 4 is 29.3 Å². The number of carbonyl (C=O) groups is 2. The summed E-state index contributed by atoms with van der Waals surface area (Å²) in [5.74, 6) is -1.93. The van der Waals surface area contributed by atoms with Crippen molar-refractivity contribution in [1.82, 2.24) is 10.3 Å². The lowest BCUT2D eigenvalue weighted by Crippen LogP contribution is -2.23. The number of hydrogen-bond acceptors (Lipinski definition) is 4. The van der Waals surface area contributed by atoms with Gasteiger partial charge in [0.05, 0.1) is 18.0 Å². The Bertz CT molecular complexity index is 739. The third kappa shape index (κ3) is 6.84. The van der Waals surface area contributed by atoms with Gasteiger partial charge in [-0.05, 0) is 42.1 Å². The number of benzene rings is 1. The molecule has 2 N–H and O–H groups in total. The van der Waals surface area contributed by atoms with Gasteiger partial charge in [-0.25, -0.2) is 0 Å². The number of rotatable bonds is 6. The van der Waals surface area contributed by atoms with Crippen LogP contribution in [0.2, 0.25) is 0 Å². The predicted molar refractivity (Wildman–Crippen MR) is 89.0 cm³/mol. The topological polar surface area (TPSA) is 71.1 Å². The van der Waals surface area contributed by atoms with Crippen molar-refractivity contribution in [2.45, 2.75) is 12.1 Å². The molecule has 9 heteroatoms. The molecule has 0 saturated heterocycles. The minimum absolute atomic E-state index is 0.235. The van der Waals surface area contributed by atoms with Gasteiger partial charge in [0.2, 0.25) is 5.91 Å². The van der Waals surface area contributed by atoms with Crippen molar-refractivity contribution in [3.05, 3.63) is 59.9 Å². The molecule has 0 aliphatic carbocycles. The predicted octanol–water partition coefficient (Wildman–Crippen LogP) is 3.20. The van der Waals surface area contributed by atoms with Crippen LogP contribution >= 0.6 is 11.8 Å². The van der Waals surface area contributed by atoms with Gasteiger partial charge in [-0.3, -0.25) is 14.6 Å². The molecule has 0 unspecified atom stereocenters. The van der Waals surface area contributed by atoms with E-state index >= 15 is 0 Å². The third-order valence-corrected chi connectivity index (χ3v) is 3.67. The first-order valence-electron chi connectivity index (χ1n) is 7.12. The van der Waals surface area contributed by atoms with Crippen LogP contribution in [0, 0.1) is 0 Å². The summed E-state index contributed by atoms with van der Waals surface area (Å²) in [4.78, 5) is 27.7. The number of nitrogens with zero attached hydrogens (tertiary/aromatic N) is 1. The Morgan fingerprint density at radius 3 is 2.60 bits per heavy atom. The number of amides is 2. The molecular weight excluding hydrogens is 355 g/mol. The Labute approximate surface area is 146 Å². The van der Waals surface area contributed by atoms with Gasteiger partial charge in [-0.2, -0.15) is 13.2 Å². The molecule has 1 aromatic heterocycles. The van der Waals surface area contributed by atoms with E-state index in [0.29, 0.717) is 5.69 Å². The lowest BCUT2D eigenvalue weighted by atomic mass is 10.2. The first-order chi connectivity index (χ1) is 11.8. The quantitative estimate of drug-likeness (QED) is 0.820. The van der Waals surface area contributed by atoms with Crippen LogP contribution in [0.3, 0.4) is 0 Å². The molecular formula is C16H14F3N3O2S. The molecule has 0 fully saturated rings. The van der Waals surface area contributed by atoms with E-state index < -0.39 is 28.9 Å². The molecule has 2 aromatic rings. The van der Waals surface area contributed by atoms with Crippen LogP contribution < -0.4 is 10.6 Å². The van der Waals surface area contributed by atoms with Gasteiger partial charge in [0.15, 0.2) is 0 Å². The molecule has 132 valence electrons. The number of pyridine rings is 1. The summed E-state index contributed by atoms with van der Waals surface area (Å²) >= 11 is -0.421. The number of halogens is 3. The summed E-state index contributed by atoms with van der Waals surface area (Å²) < 4.78 is 36.2. The minimum Gasteiger partial charge on any atom is -0.346 e. The molecule has 0 bridgehead atoms. The van der Waals surface area contributed by atoms with Crippen LogP contribution in [0.25, 0.3) is 0 Å². The molecule has 2 amide bonds. The van der Waals surface area contributed by atoms with Crippen molar-refractivity contribution in [3.63, 3.8) is 0 Å². The molecule has 0 spiro atoms. The lowest BCUT2D eigenvalue weighted by molar-refractivity contribution is -0.114. The van der Waals surface area contributed by atoms with Crippen molar-refractivity contribution in [1.29, 1.82) is 0 Å². The van der Waals surface area contributed by atoms with E-state index in [4.69, 9.17) is 0 Å². The number of hydrogen-bond donors (Lipinski definition) is 2. The van der Waals surface area contributed by atoms with Gasteiger partial charge in [0.25, 0.3) is 5.91 Å². The standard InChI is InChI=1S/C16H14F3N3O2S/c17-16(18,19)25-10-14(23)22-12-6-3-4-11(8-12)15(24)21-9-13-5-1-2-7-20-13/h1-8H,9-10H2,(H,21,24)(H,22,23). The number of thioether (sulfide) groups is 1. The molecule has 25 heavy (non-hydrogen) atoms. The summed E-state index contributed by atoms with van der Waals surface area (Å²) in [5.41, 5.74) is -3.26. The average Bonchev–Trinajstić information content (AvgIpc) is 2.58. The van der Waals surface area contributed by atoms with E-state index in [9.17, 15) is 22.8 Å². The van der Waals surface area contributed by atoms with Crippen molar-refractivity contribution in [2.24, 2.45) is 0 Å². The van der Waals surface area contributed by atoms with Crippen molar-refractivity contribution < 1.29 is 22.8 Å². The Balaban J connectivity index is 1.91. The van der Waals surface area contributed by atoms with Gasteiger partial charge in [-0.15, -0.1) is 0 Å². The monoisotopic (exact) mass is 369 g/mol. The summed E-state index contributed by atoms with van der Waals surface area (Å²) in [7, 11) is 0. The molecule has 5 nitrogen and oxygen atoms in total. The highest BCUT2D eigenvalue weighted by Gasteiger charge is 2.29. The highest BCUT2D eigenvalue weighted by atomic mass is 32.2. The highest BCUT2D eigenvalue weighted by Crippen LogP contribution is 2.29. The second kappa shape index (κ2) is 8.52. The third-order valence-electron chi connectivity index (χ3n) is 2.93. The first kappa shape index (κ1) is 18.8. The second-order valence-corrected chi connectivity index (χ2v) is 5.91. The fourth-order valence-electron chi connectivity index (χ4n) is 1.86. The Morgan fingerprint density at radius 1 is 1.12 bits per heavy atom. The first-order valence-corrected chi connectivity index (χ1v) is 8.11. The van der Waals surface area contributed by atoms with Crippen LogP contribution in [0.15, 0.2) is 48.7 Å². The van der Waals surface area contributed by atoms with E-state index in [-0.39, 0.29) is 23.7 Å². The molecule has 2 rings (SSSR count). The van der Waals surface area contributed by atoms with E-state index in [1.807, 2.05) is 0 Å². The van der Waals surface area contributed by atoms with Gasteiger partial charge in [0.1, 0.15) is 0 Å². The SMILES string of the molecule is O=C(CSC(F)(F)F)Nc1cccc(C(=O)NCc2ccccn2)c1. The molecule has 1 aromatic carbocycles. The van der Waals surface area contributed by atoms with Gasteiger partial charge in [0, 0.05) is 17.4 Å². The van der Waals surface area contributed by atoms with Crippen LogP contribution in [0.5, 0.6) is 0 Å². The van der Waals surface area contributed by atoms with E-state index in [0.717, 1.165) is 0 Å². The second-order valence-electron chi connectivity index (χ2n) is 4.87. The summed E-state index contributed by atoms with van der Waals surface area (Å²) in [6.07, 6.45) is 1.61. The van der Waals surface area contributed by atoms with Crippen LogP contribution in [0.4, 0.5) is 18.9 Å². The largest absolute Gasteiger partial charge is 0.442 e. The molecule has 0 saturated carbocycles. The molecule has 0 aliphatic rings. The summed E-state index contributed by atoms with van der Waals surface area (Å²) in [6, 6.07) is 11.3. The number of anilines is 1. The van der Waals surface area contributed by atoms with Crippen LogP contribution in [-0.4, -0.2) is 28.1 Å². The molecule has 0 aliphatic heterocycles. The van der Waals surface area contributed by atoms with Gasteiger partial charge >= 0.3 is 5.51 Å². The van der Waals surface area contributed by atoms with E-state index in [1.165, 1.54) is 24.3 Å². The maximum absolute atomic E-state index is 12.1. The van der Waals surface area contributed by atoms with Crippen LogP contribution in [-0.2, 0) is 11.3 Å². The van der Waals surface area contributed by atoms with E-state index in [1.54, 1.807) is 24.4 Å². The van der Waals surface area contributed by atoms with Crippen LogP contribution in [0.1, 0.15) is 16.1 Å². The van der Waals surface area contributed by atoms with E-state index in [2.05, 4.69) is 15.6 Å². The minimum atomic E-state index is -4.47. The fraction of sp³-hybridized carbons (Fsp3) is 0.188. The Morgan fingerprint density at radius 2 is 1.92 bits per heavy atom. The van der Waals surface area contributed by atoms with Gasteiger partial charge < -0.3 is 10.6 Å². The molecule has 0 atom stereocenters. The summed E-state index contributed by atoms with van der Waals surface area (Å²) in [6.45, 7) is 0.235. The molecule has 0 radical (unpaired) electrons. The lowest BCUT2D eigenvalue weighted by Gasteiger charge is -2.09. The van der Waals surface area contributed by atoms with Gasteiger partial charge in [-0.1, -0.05) is 12.1 Å². The maximum atomic E-state index is 12.1. The molecule has 1 heterocycles. The number of alkyl halides is 3. The summed E-state index contributed by atoms with van der Waals surface area (Å²) in [5, 5.41) is 5.01. The Kier molecular flexibility index (Phi) is 6.40. The smallest absolute Gasteiger partial charge is 0.346 e. The number of carbonyl (C=O) groups excluding carboxylic acids is 2. The number of aromatic nitrogens is 1. The highest BCUT2D eigenvalue weighted by molar-refractivity contribution is 8.00. The average molecular weight is 369 g/mol. The zero-order valence-electron chi connectivity index (χ0n) is 12.8. The van der Waals surface area contributed by atoms with Crippen molar-refractivity contribution in [3.8, 4) is 0 Å². The fourth-order valence-corrected chi connectivity index (χ4v) is 2.23. The van der Waals surface area contributed by atoms with Crippen molar-refractivity contribution in [2.75, 3.05) is 11.1 Å². The zero-order chi connectivity index (χ0) is 18.3. The normalized spacial score (nSPS) is 11.0. The zero-order valence-corrected chi connectivity index (χ0v) is 13.7.